The Hall–Kier alpha value is -5.09. The summed E-state index contributed by atoms with van der Waals surface area (Å²) in [6.45, 7) is 4.42. The summed E-state index contributed by atoms with van der Waals surface area (Å²) in [5.41, 5.74) is -0.284. The van der Waals surface area contributed by atoms with Gasteiger partial charge < -0.3 is 25.0 Å². The van der Waals surface area contributed by atoms with Crippen molar-refractivity contribution in [2.24, 2.45) is 12.8 Å². The zero-order valence-corrected chi connectivity index (χ0v) is 35.0. The molecular formula is C36H38ClF6N4O12PS. The second kappa shape index (κ2) is 19.3. The topological polar surface area (TPSA) is 248 Å². The Morgan fingerprint density at radius 1 is 1.02 bits per heavy atom. The van der Waals surface area contributed by atoms with Gasteiger partial charge in [-0.1, -0.05) is 16.8 Å². The number of halogens is 7. The first-order valence-electron chi connectivity index (χ1n) is 17.4. The number of benzene rings is 2. The molecule has 2 aromatic carbocycles. The summed E-state index contributed by atoms with van der Waals surface area (Å²) in [7, 11) is -6.25. The van der Waals surface area contributed by atoms with Gasteiger partial charge in [0.15, 0.2) is 28.7 Å². The predicted molar refractivity (Wildman–Crippen MR) is 205 cm³/mol. The molecule has 0 saturated heterocycles. The summed E-state index contributed by atoms with van der Waals surface area (Å²) < 4.78 is 122. The third kappa shape index (κ3) is 13.7. The number of nitrogens with two attached hydrogens (primary N) is 1. The van der Waals surface area contributed by atoms with E-state index in [0.29, 0.717) is 33.1 Å². The van der Waals surface area contributed by atoms with Crippen molar-refractivity contribution in [3.05, 3.63) is 108 Å². The molecule has 16 nitrogen and oxygen atoms in total. The van der Waals surface area contributed by atoms with Crippen molar-refractivity contribution in [1.29, 1.82) is 0 Å². The standard InChI is InChI=1S/C16H14ClF3N2O4.C15H12F3NO4S.C5H12NO4P/c1-8(2)26-14(24)10-6-9(4-5-11(10)17)22-13(23)7-12(16(18,19)20)21(3)15(22)25;1-24(21,22)12-6-9(15(16,17)18)4-5-10(12)13(20)11-7-19-23-14(11)8-2-3-8;1-11(9,10)3-2-4(6)5(7)8/h4-8H,1-3H3;4-8H,2-3H2,1H3;4H,2-3,6H2,1H3,(H,7,8)(H,9,10). The first-order valence-corrected chi connectivity index (χ1v) is 22.0. The highest BCUT2D eigenvalue weighted by Crippen LogP contribution is 2.42. The zero-order valence-electron chi connectivity index (χ0n) is 32.6. The summed E-state index contributed by atoms with van der Waals surface area (Å²) >= 11 is 5.94. The van der Waals surface area contributed by atoms with Gasteiger partial charge in [0.05, 0.1) is 44.6 Å². The third-order valence-corrected chi connectivity index (χ3v) is 10.9. The Labute approximate surface area is 347 Å². The lowest BCUT2D eigenvalue weighted by atomic mass is 10.0. The average Bonchev–Trinajstić information content (AvgIpc) is 3.86. The smallest absolute Gasteiger partial charge is 0.431 e. The lowest BCUT2D eigenvalue weighted by Crippen LogP contribution is -2.40. The number of hydrogen-bond donors (Lipinski definition) is 3. The number of carboxylic acid groups (broad SMARTS) is 1. The molecule has 2 aromatic heterocycles. The van der Waals surface area contributed by atoms with Gasteiger partial charge in [-0.3, -0.25) is 23.5 Å². The molecule has 2 heterocycles. The van der Waals surface area contributed by atoms with Crippen LogP contribution in [-0.4, -0.2) is 81.7 Å². The van der Waals surface area contributed by atoms with Crippen LogP contribution in [0.1, 0.15) is 82.3 Å². The molecule has 5 rings (SSSR count). The quantitative estimate of drug-likeness (QED) is 0.0710. The number of ketones is 1. The van der Waals surface area contributed by atoms with Gasteiger partial charge in [0.1, 0.15) is 11.7 Å². The van der Waals surface area contributed by atoms with E-state index in [-0.39, 0.29) is 45.9 Å². The van der Waals surface area contributed by atoms with E-state index in [4.69, 9.17) is 36.6 Å². The summed E-state index contributed by atoms with van der Waals surface area (Å²) in [5, 5.41) is 11.8. The molecule has 0 radical (unpaired) electrons. The third-order valence-electron chi connectivity index (χ3n) is 8.30. The fraction of sp³-hybridized carbons (Fsp3) is 0.389. The van der Waals surface area contributed by atoms with Crippen molar-refractivity contribution in [2.75, 3.05) is 19.1 Å². The van der Waals surface area contributed by atoms with Crippen molar-refractivity contribution in [2.45, 2.75) is 68.4 Å². The normalized spacial score (nSPS) is 14.5. The molecule has 0 spiro atoms. The number of nitrogens with zero attached hydrogens (tertiary/aromatic N) is 3. The maximum Gasteiger partial charge on any atom is 0.431 e. The summed E-state index contributed by atoms with van der Waals surface area (Å²) in [6.07, 6.45) is -6.45. The van der Waals surface area contributed by atoms with Gasteiger partial charge in [-0.05, 0) is 69.5 Å². The van der Waals surface area contributed by atoms with Gasteiger partial charge in [-0.15, -0.1) is 0 Å². The Bertz CT molecular complexity index is 2580. The molecule has 2 atom stereocenters. The molecule has 25 heteroatoms. The Morgan fingerprint density at radius 3 is 2.11 bits per heavy atom. The van der Waals surface area contributed by atoms with Crippen LogP contribution in [0, 0.1) is 0 Å². The van der Waals surface area contributed by atoms with Crippen molar-refractivity contribution < 1.29 is 73.0 Å². The van der Waals surface area contributed by atoms with E-state index in [0.717, 1.165) is 38.3 Å². The van der Waals surface area contributed by atoms with Crippen LogP contribution >= 0.6 is 19.0 Å². The molecule has 4 aromatic rings. The minimum absolute atomic E-state index is 0.0104. The maximum absolute atomic E-state index is 12.9. The van der Waals surface area contributed by atoms with E-state index in [1.54, 1.807) is 13.8 Å². The molecule has 0 aliphatic heterocycles. The van der Waals surface area contributed by atoms with Crippen LogP contribution in [0.5, 0.6) is 0 Å². The molecule has 1 aliphatic carbocycles. The number of carbonyl (C=O) groups excluding carboxylic acids is 2. The fourth-order valence-corrected chi connectivity index (χ4v) is 6.97. The number of alkyl halides is 6. The average molecular weight is 931 g/mol. The summed E-state index contributed by atoms with van der Waals surface area (Å²) in [4.78, 5) is 67.3. The first kappa shape index (κ1) is 50.3. The molecular weight excluding hydrogens is 893 g/mol. The number of ether oxygens (including phenoxy) is 1. The number of sulfone groups is 1. The molecule has 1 aliphatic rings. The van der Waals surface area contributed by atoms with Crippen LogP contribution in [0.15, 0.2) is 67.7 Å². The molecule has 4 N–H and O–H groups in total. The molecule has 2 unspecified atom stereocenters. The predicted octanol–water partition coefficient (Wildman–Crippen LogP) is 5.67. The van der Waals surface area contributed by atoms with Crippen LogP contribution in [0.25, 0.3) is 5.69 Å². The fourth-order valence-electron chi connectivity index (χ4n) is 5.12. The SMILES string of the molecule is CC(C)OC(=O)c1cc(-n2c(=O)cc(C(F)(F)F)n(C)c2=O)ccc1Cl.CP(=O)(O)CCC(N)C(=O)O.CS(=O)(=O)c1cc(C(F)(F)F)ccc1C(=O)c1cnoc1C1CC1. The summed E-state index contributed by atoms with van der Waals surface area (Å²) in [5.74, 6) is -2.25. The highest BCUT2D eigenvalue weighted by atomic mass is 35.5. The van der Waals surface area contributed by atoms with Crippen molar-refractivity contribution in [3.8, 4) is 5.69 Å². The van der Waals surface area contributed by atoms with Gasteiger partial charge in [0.2, 0.25) is 0 Å². The van der Waals surface area contributed by atoms with Crippen molar-refractivity contribution in [3.63, 3.8) is 0 Å². The second-order valence-corrected chi connectivity index (χ2v) is 18.8. The Balaban J connectivity index is 0.000000264. The first-order chi connectivity index (χ1) is 27.8. The van der Waals surface area contributed by atoms with Crippen molar-refractivity contribution >= 4 is 46.5 Å². The minimum atomic E-state index is -4.86. The van der Waals surface area contributed by atoms with Crippen LogP contribution < -0.4 is 17.0 Å². The molecule has 0 amide bonds. The highest BCUT2D eigenvalue weighted by Gasteiger charge is 2.37. The number of rotatable bonds is 11. The van der Waals surface area contributed by atoms with Gasteiger partial charge in [-0.25, -0.2) is 22.6 Å². The van der Waals surface area contributed by atoms with Gasteiger partial charge >= 0.3 is 30.0 Å². The molecule has 61 heavy (non-hydrogen) atoms. The van der Waals surface area contributed by atoms with E-state index in [2.05, 4.69) is 5.16 Å². The molecule has 334 valence electrons. The van der Waals surface area contributed by atoms with E-state index in [1.807, 2.05) is 0 Å². The Morgan fingerprint density at radius 2 is 1.62 bits per heavy atom. The second-order valence-electron chi connectivity index (χ2n) is 13.9. The lowest BCUT2D eigenvalue weighted by Gasteiger charge is -2.15. The summed E-state index contributed by atoms with van der Waals surface area (Å²) in [6, 6.07) is 4.92. The number of aliphatic carboxylic acids is 1. The number of aromatic nitrogens is 3. The highest BCUT2D eigenvalue weighted by molar-refractivity contribution is 7.90. The van der Waals surface area contributed by atoms with Crippen LogP contribution in [0.3, 0.4) is 0 Å². The van der Waals surface area contributed by atoms with Crippen molar-refractivity contribution in [1.82, 2.24) is 14.3 Å². The molecule has 1 fully saturated rings. The van der Waals surface area contributed by atoms with Crippen LogP contribution in [0.2, 0.25) is 5.02 Å². The lowest BCUT2D eigenvalue weighted by molar-refractivity contribution is -0.144. The van der Waals surface area contributed by atoms with Gasteiger partial charge in [0, 0.05) is 43.7 Å². The number of esters is 1. The van der Waals surface area contributed by atoms with E-state index < -0.39 is 86.8 Å². The zero-order chi connectivity index (χ0) is 46.6. The molecule has 0 bridgehead atoms. The van der Waals surface area contributed by atoms with E-state index >= 15 is 0 Å². The van der Waals surface area contributed by atoms with Crippen LogP contribution in [0.4, 0.5) is 26.3 Å². The van der Waals surface area contributed by atoms with Gasteiger partial charge in [-0.2, -0.15) is 26.3 Å². The van der Waals surface area contributed by atoms with Crippen LogP contribution in [-0.2, 0) is 43.3 Å². The number of carbonyl (C=O) groups is 3. The number of hydrogen-bond acceptors (Lipinski definition) is 12. The molecule has 1 saturated carbocycles. The monoisotopic (exact) mass is 930 g/mol. The largest absolute Gasteiger partial charge is 0.480 e. The van der Waals surface area contributed by atoms with E-state index in [1.165, 1.54) is 25.0 Å². The van der Waals surface area contributed by atoms with E-state index in [9.17, 15) is 63.3 Å². The number of carboxylic acids is 1. The van der Waals surface area contributed by atoms with Gasteiger partial charge in [0.25, 0.3) is 5.56 Å². The maximum atomic E-state index is 12.9. The minimum Gasteiger partial charge on any atom is -0.480 e. The Kier molecular flexibility index (Phi) is 15.9.